The average molecular weight is 322 g/mol. The molecule has 1 atom stereocenters. The third-order valence-electron chi connectivity index (χ3n) is 5.81. The van der Waals surface area contributed by atoms with Crippen molar-refractivity contribution in [2.45, 2.75) is 24.9 Å². The summed E-state index contributed by atoms with van der Waals surface area (Å²) >= 11 is 0. The number of likely N-dealkylation sites (N-methyl/N-ethyl adjacent to an activating group) is 1. The van der Waals surface area contributed by atoms with Crippen molar-refractivity contribution in [3.05, 3.63) is 71.8 Å². The molecular formula is C21H24NO2+. The lowest BCUT2D eigenvalue weighted by atomic mass is 9.72. The summed E-state index contributed by atoms with van der Waals surface area (Å²) in [6, 6.07) is 20.2. The molecule has 2 fully saturated rings. The third kappa shape index (κ3) is 2.44. The quantitative estimate of drug-likeness (QED) is 0.480. The third-order valence-corrected chi connectivity index (χ3v) is 5.81. The molecule has 0 radical (unpaired) electrons. The number of cyclic esters (lactones) is 1. The van der Waals surface area contributed by atoms with Crippen LogP contribution >= 0.6 is 0 Å². The van der Waals surface area contributed by atoms with E-state index in [4.69, 9.17) is 4.74 Å². The molecule has 124 valence electrons. The van der Waals surface area contributed by atoms with E-state index in [0.29, 0.717) is 0 Å². The van der Waals surface area contributed by atoms with E-state index in [0.717, 1.165) is 35.1 Å². The van der Waals surface area contributed by atoms with Gasteiger partial charge in [0.15, 0.2) is 6.10 Å². The van der Waals surface area contributed by atoms with Crippen LogP contribution in [0.5, 0.6) is 0 Å². The zero-order valence-electron chi connectivity index (χ0n) is 14.2. The minimum Gasteiger partial charge on any atom is -0.455 e. The average Bonchev–Trinajstić information content (AvgIpc) is 3.33. The molecule has 3 heteroatoms. The fourth-order valence-corrected chi connectivity index (χ4v) is 4.11. The van der Waals surface area contributed by atoms with Crippen LogP contribution < -0.4 is 0 Å². The number of quaternary nitrogens is 1. The summed E-state index contributed by atoms with van der Waals surface area (Å²) in [4.78, 5) is 13.1. The highest BCUT2D eigenvalue weighted by molar-refractivity contribution is 5.89. The van der Waals surface area contributed by atoms with Crippen molar-refractivity contribution in [3.63, 3.8) is 0 Å². The van der Waals surface area contributed by atoms with Crippen LogP contribution in [-0.4, -0.2) is 42.7 Å². The van der Waals surface area contributed by atoms with Gasteiger partial charge >= 0.3 is 5.97 Å². The van der Waals surface area contributed by atoms with Gasteiger partial charge in [0.2, 0.25) is 0 Å². The largest absolute Gasteiger partial charge is 0.455 e. The summed E-state index contributed by atoms with van der Waals surface area (Å²) in [6.07, 6.45) is 0.736. The van der Waals surface area contributed by atoms with Gasteiger partial charge in [-0.05, 0) is 18.1 Å². The summed E-state index contributed by atoms with van der Waals surface area (Å²) in [5, 5.41) is 0. The number of rotatable bonds is 5. The van der Waals surface area contributed by atoms with Crippen LogP contribution in [0.3, 0.4) is 0 Å². The Kier molecular flexibility index (Phi) is 3.69. The molecule has 3 nitrogen and oxygen atoms in total. The fraction of sp³-hybridized carbons (Fsp3) is 0.381. The lowest BCUT2D eigenvalue weighted by Gasteiger charge is -2.26. The van der Waals surface area contributed by atoms with Crippen LogP contribution in [0.15, 0.2) is 60.7 Å². The number of hydrogen-bond donors (Lipinski definition) is 0. The number of hydrogen-bond acceptors (Lipinski definition) is 2. The molecule has 1 unspecified atom stereocenters. The van der Waals surface area contributed by atoms with Crippen LogP contribution in [0, 0.1) is 0 Å². The van der Waals surface area contributed by atoms with Gasteiger partial charge in [0.1, 0.15) is 25.0 Å². The maximum atomic E-state index is 13.1. The lowest BCUT2D eigenvalue weighted by molar-refractivity contribution is -0.801. The first kappa shape index (κ1) is 15.4. The van der Waals surface area contributed by atoms with Crippen LogP contribution in [0.1, 0.15) is 24.5 Å². The smallest absolute Gasteiger partial charge is 0.321 e. The van der Waals surface area contributed by atoms with E-state index in [1.54, 1.807) is 0 Å². The number of carbonyl (C=O) groups excluding carboxylic acids is 1. The van der Waals surface area contributed by atoms with Gasteiger partial charge in [0, 0.05) is 6.42 Å². The van der Waals surface area contributed by atoms with Gasteiger partial charge in [0.25, 0.3) is 0 Å². The minimum atomic E-state index is -0.666. The van der Waals surface area contributed by atoms with Crippen molar-refractivity contribution in [1.82, 2.24) is 0 Å². The zero-order valence-corrected chi connectivity index (χ0v) is 14.2. The Bertz CT molecular complexity index is 683. The van der Waals surface area contributed by atoms with E-state index >= 15 is 0 Å². The number of nitrogens with zero attached hydrogens (tertiary/aromatic N) is 1. The molecule has 0 saturated carbocycles. The van der Waals surface area contributed by atoms with E-state index in [-0.39, 0.29) is 12.1 Å². The molecule has 2 saturated heterocycles. The Morgan fingerprint density at radius 1 is 1.00 bits per heavy atom. The molecule has 2 heterocycles. The first-order valence-corrected chi connectivity index (χ1v) is 8.86. The minimum absolute atomic E-state index is 0.000335. The number of benzene rings is 2. The lowest BCUT2D eigenvalue weighted by Crippen LogP contribution is -2.35. The van der Waals surface area contributed by atoms with Crippen molar-refractivity contribution in [2.24, 2.45) is 0 Å². The Morgan fingerprint density at radius 3 is 2.00 bits per heavy atom. The topological polar surface area (TPSA) is 26.3 Å². The molecule has 0 aliphatic carbocycles. The molecule has 4 rings (SSSR count). The van der Waals surface area contributed by atoms with Crippen molar-refractivity contribution in [2.75, 3.05) is 26.2 Å². The van der Waals surface area contributed by atoms with Crippen molar-refractivity contribution in [1.29, 1.82) is 0 Å². The predicted octanol–water partition coefficient (Wildman–Crippen LogP) is 3.14. The SMILES string of the molecule is CC[N+]1(CC2CC(c3ccccc3)(c3ccccc3)C(=O)O2)CC1. The highest BCUT2D eigenvalue weighted by Gasteiger charge is 2.55. The number of esters is 1. The van der Waals surface area contributed by atoms with Crippen LogP contribution in [0.2, 0.25) is 0 Å². The van der Waals surface area contributed by atoms with Crippen LogP contribution in [-0.2, 0) is 14.9 Å². The molecule has 2 aliphatic heterocycles. The highest BCUT2D eigenvalue weighted by Crippen LogP contribution is 2.44. The van der Waals surface area contributed by atoms with Gasteiger partial charge in [0.05, 0.1) is 6.54 Å². The maximum Gasteiger partial charge on any atom is 0.321 e. The summed E-state index contributed by atoms with van der Waals surface area (Å²) in [6.45, 7) is 6.73. The Balaban J connectivity index is 1.73. The van der Waals surface area contributed by atoms with Gasteiger partial charge in [-0.3, -0.25) is 4.79 Å². The van der Waals surface area contributed by atoms with Crippen molar-refractivity contribution in [3.8, 4) is 0 Å². The molecule has 0 spiro atoms. The first-order chi connectivity index (χ1) is 11.7. The Labute approximate surface area is 143 Å². The molecule has 2 aromatic rings. The van der Waals surface area contributed by atoms with Crippen molar-refractivity contribution < 1.29 is 14.0 Å². The fourth-order valence-electron chi connectivity index (χ4n) is 4.11. The van der Waals surface area contributed by atoms with Crippen molar-refractivity contribution >= 4 is 5.97 Å². The molecule has 0 bridgehead atoms. The Morgan fingerprint density at radius 2 is 1.54 bits per heavy atom. The highest BCUT2D eigenvalue weighted by atomic mass is 16.6. The number of carbonyl (C=O) groups is 1. The predicted molar refractivity (Wildman–Crippen MR) is 93.6 cm³/mol. The van der Waals surface area contributed by atoms with E-state index in [2.05, 4.69) is 31.2 Å². The molecule has 24 heavy (non-hydrogen) atoms. The maximum absolute atomic E-state index is 13.1. The Hall–Kier alpha value is -2.13. The summed E-state index contributed by atoms with van der Waals surface area (Å²) in [5.74, 6) is -0.0963. The second kappa shape index (κ2) is 5.75. The van der Waals surface area contributed by atoms with E-state index < -0.39 is 5.41 Å². The molecule has 0 amide bonds. The van der Waals surface area contributed by atoms with Gasteiger partial charge in [-0.1, -0.05) is 60.7 Å². The summed E-state index contributed by atoms with van der Waals surface area (Å²) in [7, 11) is 0. The second-order valence-corrected chi connectivity index (χ2v) is 7.16. The van der Waals surface area contributed by atoms with E-state index in [1.165, 1.54) is 13.1 Å². The van der Waals surface area contributed by atoms with Gasteiger partial charge in [-0.15, -0.1) is 0 Å². The van der Waals surface area contributed by atoms with Gasteiger partial charge < -0.3 is 9.22 Å². The van der Waals surface area contributed by atoms with E-state index in [1.807, 2.05) is 36.4 Å². The summed E-state index contributed by atoms with van der Waals surface area (Å²) in [5.41, 5.74) is 1.41. The molecule has 0 N–H and O–H groups in total. The van der Waals surface area contributed by atoms with Crippen LogP contribution in [0.25, 0.3) is 0 Å². The second-order valence-electron chi connectivity index (χ2n) is 7.16. The standard InChI is InChI=1S/C21H24NO2/c1-2-22(13-14-22)16-19-15-21(20(23)24-19,17-9-5-3-6-10-17)18-11-7-4-8-12-18/h3-12,19H,2,13-16H2,1H3/q+1. The normalized spacial score (nSPS) is 23.7. The molecule has 2 aliphatic rings. The van der Waals surface area contributed by atoms with Crippen LogP contribution in [0.4, 0.5) is 0 Å². The molecule has 2 aromatic carbocycles. The molecular weight excluding hydrogens is 298 g/mol. The van der Waals surface area contributed by atoms with E-state index in [9.17, 15) is 4.79 Å². The zero-order chi connectivity index (χ0) is 16.6. The molecule has 0 aromatic heterocycles. The van der Waals surface area contributed by atoms with Gasteiger partial charge in [-0.2, -0.15) is 0 Å². The monoisotopic (exact) mass is 322 g/mol. The number of ether oxygens (including phenoxy) is 1. The van der Waals surface area contributed by atoms with Gasteiger partial charge in [-0.25, -0.2) is 0 Å². The summed E-state index contributed by atoms with van der Waals surface area (Å²) < 4.78 is 7.00. The first-order valence-electron chi connectivity index (χ1n) is 8.86.